The molecule has 0 aliphatic heterocycles. The molecule has 1 aromatic heterocycles. The second-order valence-electron chi connectivity index (χ2n) is 5.44. The first-order chi connectivity index (χ1) is 9.61. The molecule has 0 amide bonds. The number of pyridine rings is 1. The third kappa shape index (κ3) is 3.40. The van der Waals surface area contributed by atoms with E-state index < -0.39 is 5.97 Å². The topological polar surface area (TPSA) is 77.2 Å². The molecular formula is C15H23N3O2. The summed E-state index contributed by atoms with van der Waals surface area (Å²) < 4.78 is 4.99. The van der Waals surface area contributed by atoms with Gasteiger partial charge in [0.05, 0.1) is 17.9 Å². The highest BCUT2D eigenvalue weighted by molar-refractivity contribution is 5.97. The van der Waals surface area contributed by atoms with E-state index >= 15 is 0 Å². The Bertz CT molecular complexity index is 468. The van der Waals surface area contributed by atoms with Crippen LogP contribution in [0.2, 0.25) is 0 Å². The summed E-state index contributed by atoms with van der Waals surface area (Å²) in [5.74, 6) is 0.993. The number of aromatic nitrogens is 1. The molecule has 0 atom stereocenters. The van der Waals surface area contributed by atoms with Crippen LogP contribution in [0.15, 0.2) is 12.3 Å². The minimum Gasteiger partial charge on any atom is -0.462 e. The molecule has 5 heteroatoms. The standard InChI is InChI=1S/C15H23N3O2/c1-3-20-15(19)12-8-9-17-14(13(12)16)18-11-6-4-10(2)5-7-11/h8-11H,3-7,16H2,1-2H3,(H,17,18). The number of ether oxygens (including phenoxy) is 1. The largest absolute Gasteiger partial charge is 0.462 e. The van der Waals surface area contributed by atoms with Crippen LogP contribution in [0.25, 0.3) is 0 Å². The van der Waals surface area contributed by atoms with Crippen molar-refractivity contribution in [2.24, 2.45) is 5.92 Å². The molecule has 2 rings (SSSR count). The van der Waals surface area contributed by atoms with Gasteiger partial charge in [-0.05, 0) is 44.6 Å². The maximum Gasteiger partial charge on any atom is 0.340 e. The zero-order valence-corrected chi connectivity index (χ0v) is 12.2. The molecule has 0 radical (unpaired) electrons. The summed E-state index contributed by atoms with van der Waals surface area (Å²) in [5, 5.41) is 3.36. The van der Waals surface area contributed by atoms with Crippen molar-refractivity contribution < 1.29 is 9.53 Å². The quantitative estimate of drug-likeness (QED) is 0.827. The Labute approximate surface area is 119 Å². The number of rotatable bonds is 4. The van der Waals surface area contributed by atoms with Crippen molar-refractivity contribution in [3.05, 3.63) is 17.8 Å². The molecular weight excluding hydrogens is 254 g/mol. The molecule has 110 valence electrons. The summed E-state index contributed by atoms with van der Waals surface area (Å²) in [6.45, 7) is 4.39. The first kappa shape index (κ1) is 14.6. The molecule has 1 aliphatic rings. The molecule has 1 fully saturated rings. The van der Waals surface area contributed by atoms with Crippen LogP contribution in [0.4, 0.5) is 11.5 Å². The van der Waals surface area contributed by atoms with E-state index in [1.807, 2.05) is 0 Å². The predicted molar refractivity (Wildman–Crippen MR) is 79.6 cm³/mol. The van der Waals surface area contributed by atoms with Crippen LogP contribution in [0.3, 0.4) is 0 Å². The fourth-order valence-corrected chi connectivity index (χ4v) is 2.57. The van der Waals surface area contributed by atoms with Gasteiger partial charge < -0.3 is 15.8 Å². The van der Waals surface area contributed by atoms with Gasteiger partial charge in [0, 0.05) is 12.2 Å². The Morgan fingerprint density at radius 3 is 2.80 bits per heavy atom. The summed E-state index contributed by atoms with van der Waals surface area (Å²) in [7, 11) is 0. The fraction of sp³-hybridized carbons (Fsp3) is 0.600. The molecule has 3 N–H and O–H groups in total. The maximum absolute atomic E-state index is 11.8. The van der Waals surface area contributed by atoms with Gasteiger partial charge >= 0.3 is 5.97 Å². The Morgan fingerprint density at radius 1 is 1.45 bits per heavy atom. The third-order valence-corrected chi connectivity index (χ3v) is 3.84. The summed E-state index contributed by atoms with van der Waals surface area (Å²) >= 11 is 0. The van der Waals surface area contributed by atoms with E-state index in [2.05, 4.69) is 17.2 Å². The van der Waals surface area contributed by atoms with Gasteiger partial charge in [-0.25, -0.2) is 9.78 Å². The predicted octanol–water partition coefficient (Wildman–Crippen LogP) is 2.83. The van der Waals surface area contributed by atoms with E-state index in [0.717, 1.165) is 18.8 Å². The van der Waals surface area contributed by atoms with Crippen LogP contribution >= 0.6 is 0 Å². The van der Waals surface area contributed by atoms with E-state index in [9.17, 15) is 4.79 Å². The van der Waals surface area contributed by atoms with Gasteiger partial charge in [-0.2, -0.15) is 0 Å². The van der Waals surface area contributed by atoms with Crippen molar-refractivity contribution in [2.75, 3.05) is 17.7 Å². The lowest BCUT2D eigenvalue weighted by molar-refractivity contribution is 0.0527. The third-order valence-electron chi connectivity index (χ3n) is 3.84. The van der Waals surface area contributed by atoms with Gasteiger partial charge in [-0.1, -0.05) is 6.92 Å². The molecule has 0 spiro atoms. The summed E-state index contributed by atoms with van der Waals surface area (Å²) in [6, 6.07) is 1.99. The second-order valence-corrected chi connectivity index (χ2v) is 5.44. The van der Waals surface area contributed by atoms with Crippen LogP contribution in [0, 0.1) is 5.92 Å². The lowest BCUT2D eigenvalue weighted by Crippen LogP contribution is -2.26. The molecule has 1 aromatic rings. The smallest absolute Gasteiger partial charge is 0.340 e. The molecule has 0 unspecified atom stereocenters. The highest BCUT2D eigenvalue weighted by atomic mass is 16.5. The Morgan fingerprint density at radius 2 is 2.15 bits per heavy atom. The molecule has 1 saturated carbocycles. The molecule has 20 heavy (non-hydrogen) atoms. The van der Waals surface area contributed by atoms with Crippen LogP contribution in [-0.2, 0) is 4.74 Å². The molecule has 0 aromatic carbocycles. The number of hydrogen-bond donors (Lipinski definition) is 2. The average Bonchev–Trinajstić information content (AvgIpc) is 2.44. The first-order valence-electron chi connectivity index (χ1n) is 7.30. The number of hydrogen-bond acceptors (Lipinski definition) is 5. The fourth-order valence-electron chi connectivity index (χ4n) is 2.57. The monoisotopic (exact) mass is 277 g/mol. The van der Waals surface area contributed by atoms with Gasteiger partial charge in [-0.15, -0.1) is 0 Å². The zero-order chi connectivity index (χ0) is 14.5. The van der Waals surface area contributed by atoms with E-state index in [1.54, 1.807) is 19.2 Å². The van der Waals surface area contributed by atoms with Crippen LogP contribution in [0.1, 0.15) is 49.9 Å². The number of nitrogen functional groups attached to an aromatic ring is 1. The number of carbonyl (C=O) groups excluding carboxylic acids is 1. The van der Waals surface area contributed by atoms with Gasteiger partial charge in [0.15, 0.2) is 0 Å². The minimum atomic E-state index is -0.396. The molecule has 0 bridgehead atoms. The number of anilines is 2. The Kier molecular flexibility index (Phi) is 4.82. The summed E-state index contributed by atoms with van der Waals surface area (Å²) in [5.41, 5.74) is 6.80. The Hall–Kier alpha value is -1.78. The maximum atomic E-state index is 11.8. The molecule has 1 heterocycles. The van der Waals surface area contributed by atoms with Crippen LogP contribution < -0.4 is 11.1 Å². The second kappa shape index (κ2) is 6.59. The first-order valence-corrected chi connectivity index (χ1v) is 7.30. The normalized spacial score (nSPS) is 22.3. The lowest BCUT2D eigenvalue weighted by atomic mass is 9.87. The van der Waals surface area contributed by atoms with Crippen molar-refractivity contribution >= 4 is 17.5 Å². The number of nitrogens with zero attached hydrogens (tertiary/aromatic N) is 1. The van der Waals surface area contributed by atoms with Crippen molar-refractivity contribution in [2.45, 2.75) is 45.6 Å². The van der Waals surface area contributed by atoms with Gasteiger partial charge in [0.25, 0.3) is 0 Å². The van der Waals surface area contributed by atoms with Gasteiger partial charge in [0.1, 0.15) is 5.82 Å². The lowest BCUT2D eigenvalue weighted by Gasteiger charge is -2.27. The summed E-state index contributed by atoms with van der Waals surface area (Å²) in [6.07, 6.45) is 6.26. The highest BCUT2D eigenvalue weighted by Crippen LogP contribution is 2.28. The van der Waals surface area contributed by atoms with E-state index in [4.69, 9.17) is 10.5 Å². The van der Waals surface area contributed by atoms with Crippen molar-refractivity contribution in [3.63, 3.8) is 0 Å². The number of esters is 1. The SMILES string of the molecule is CCOC(=O)c1ccnc(NC2CCC(C)CC2)c1N. The zero-order valence-electron chi connectivity index (χ0n) is 12.2. The van der Waals surface area contributed by atoms with Crippen LogP contribution in [-0.4, -0.2) is 23.6 Å². The van der Waals surface area contributed by atoms with Gasteiger partial charge in [0.2, 0.25) is 0 Å². The van der Waals surface area contributed by atoms with E-state index in [-0.39, 0.29) is 0 Å². The van der Waals surface area contributed by atoms with Crippen LogP contribution in [0.5, 0.6) is 0 Å². The average molecular weight is 277 g/mol. The number of carbonyl (C=O) groups is 1. The Balaban J connectivity index is 2.08. The molecule has 5 nitrogen and oxygen atoms in total. The van der Waals surface area contributed by atoms with Crippen molar-refractivity contribution in [3.8, 4) is 0 Å². The number of nitrogens with two attached hydrogens (primary N) is 1. The highest BCUT2D eigenvalue weighted by Gasteiger charge is 2.20. The molecule has 0 saturated heterocycles. The molecule has 1 aliphatic carbocycles. The van der Waals surface area contributed by atoms with E-state index in [0.29, 0.717) is 29.7 Å². The number of nitrogens with one attached hydrogen (secondary N) is 1. The van der Waals surface area contributed by atoms with Crippen molar-refractivity contribution in [1.82, 2.24) is 4.98 Å². The summed E-state index contributed by atoms with van der Waals surface area (Å²) in [4.78, 5) is 16.0. The van der Waals surface area contributed by atoms with Gasteiger partial charge in [-0.3, -0.25) is 0 Å². The van der Waals surface area contributed by atoms with Crippen molar-refractivity contribution in [1.29, 1.82) is 0 Å². The minimum absolute atomic E-state index is 0.337. The van der Waals surface area contributed by atoms with E-state index in [1.165, 1.54) is 12.8 Å².